The lowest BCUT2D eigenvalue weighted by Crippen LogP contribution is -2.26. The lowest BCUT2D eigenvalue weighted by molar-refractivity contribution is -0.117. The van der Waals surface area contributed by atoms with Crippen LogP contribution in [0.5, 0.6) is 5.75 Å². The Balaban J connectivity index is 3.35. The maximum atomic E-state index is 11.8. The normalized spacial score (nSPS) is 9.78. The van der Waals surface area contributed by atoms with Crippen molar-refractivity contribution in [3.8, 4) is 11.8 Å². The lowest BCUT2D eigenvalue weighted by Gasteiger charge is -2.23. The second-order valence-corrected chi connectivity index (χ2v) is 4.35. The van der Waals surface area contributed by atoms with Crippen LogP contribution in [0.2, 0.25) is 5.02 Å². The minimum absolute atomic E-state index is 0.176. The van der Waals surface area contributed by atoms with Crippen molar-refractivity contribution in [2.75, 3.05) is 19.1 Å². The van der Waals surface area contributed by atoms with Crippen molar-refractivity contribution in [1.29, 1.82) is 5.26 Å². The Kier molecular flexibility index (Phi) is 4.57. The van der Waals surface area contributed by atoms with Gasteiger partial charge in [-0.3, -0.25) is 4.79 Å². The third kappa shape index (κ3) is 2.57. The SMILES string of the molecule is COc1cc(C)c(Cl)c(C)c1N(C)C(=O)CC#N. The molecule has 0 saturated carbocycles. The number of nitrogens with zero attached hydrogens (tertiary/aromatic N) is 2. The molecular weight excluding hydrogens is 252 g/mol. The van der Waals surface area contributed by atoms with Crippen LogP contribution in [0.4, 0.5) is 5.69 Å². The van der Waals surface area contributed by atoms with E-state index in [4.69, 9.17) is 21.6 Å². The van der Waals surface area contributed by atoms with E-state index in [0.29, 0.717) is 16.5 Å². The van der Waals surface area contributed by atoms with Crippen molar-refractivity contribution in [2.45, 2.75) is 20.3 Å². The Morgan fingerprint density at radius 2 is 2.17 bits per heavy atom. The smallest absolute Gasteiger partial charge is 0.241 e. The number of hydrogen-bond donors (Lipinski definition) is 0. The number of hydrogen-bond acceptors (Lipinski definition) is 3. The van der Waals surface area contributed by atoms with Gasteiger partial charge in [0.15, 0.2) is 0 Å². The van der Waals surface area contributed by atoms with E-state index in [1.165, 1.54) is 12.0 Å². The number of methoxy groups -OCH3 is 1. The molecule has 0 aromatic heterocycles. The minimum atomic E-state index is -0.293. The summed E-state index contributed by atoms with van der Waals surface area (Å²) in [5.41, 5.74) is 2.26. The van der Waals surface area contributed by atoms with Crippen molar-refractivity contribution >= 4 is 23.2 Å². The highest BCUT2D eigenvalue weighted by Gasteiger charge is 2.20. The number of carbonyl (C=O) groups excluding carboxylic acids is 1. The summed E-state index contributed by atoms with van der Waals surface area (Å²) in [5, 5.41) is 9.17. The second-order valence-electron chi connectivity index (χ2n) is 3.97. The Hall–Kier alpha value is -1.73. The van der Waals surface area contributed by atoms with Crippen molar-refractivity contribution < 1.29 is 9.53 Å². The van der Waals surface area contributed by atoms with Gasteiger partial charge in [-0.1, -0.05) is 11.6 Å². The molecule has 0 N–H and O–H groups in total. The van der Waals surface area contributed by atoms with Gasteiger partial charge in [-0.05, 0) is 31.0 Å². The largest absolute Gasteiger partial charge is 0.495 e. The topological polar surface area (TPSA) is 53.3 Å². The zero-order valence-electron chi connectivity index (χ0n) is 10.9. The number of halogens is 1. The van der Waals surface area contributed by atoms with Gasteiger partial charge >= 0.3 is 0 Å². The first-order valence-corrected chi connectivity index (χ1v) is 5.79. The van der Waals surface area contributed by atoms with Gasteiger partial charge in [0, 0.05) is 12.1 Å². The predicted octanol–water partition coefficient (Wildman–Crippen LogP) is 2.84. The van der Waals surface area contributed by atoms with E-state index in [0.717, 1.165) is 11.1 Å². The lowest BCUT2D eigenvalue weighted by atomic mass is 10.1. The maximum absolute atomic E-state index is 11.8. The van der Waals surface area contributed by atoms with Crippen LogP contribution in [-0.2, 0) is 4.79 Å². The number of nitriles is 1. The fourth-order valence-corrected chi connectivity index (χ4v) is 1.94. The molecule has 0 fully saturated rings. The predicted molar refractivity (Wildman–Crippen MR) is 71.1 cm³/mol. The molecular formula is C13H15ClN2O2. The van der Waals surface area contributed by atoms with E-state index < -0.39 is 0 Å². The number of ether oxygens (including phenoxy) is 1. The maximum Gasteiger partial charge on any atom is 0.241 e. The van der Waals surface area contributed by atoms with Gasteiger partial charge in [-0.15, -0.1) is 0 Å². The molecule has 0 saturated heterocycles. The first kappa shape index (κ1) is 14.3. The molecule has 5 heteroatoms. The van der Waals surface area contributed by atoms with Crippen LogP contribution >= 0.6 is 11.6 Å². The average molecular weight is 267 g/mol. The van der Waals surface area contributed by atoms with E-state index in [1.54, 1.807) is 13.1 Å². The average Bonchev–Trinajstić information content (AvgIpc) is 2.35. The van der Waals surface area contributed by atoms with Gasteiger partial charge in [0.1, 0.15) is 12.2 Å². The highest BCUT2D eigenvalue weighted by Crippen LogP contribution is 2.38. The molecule has 0 spiro atoms. The van der Waals surface area contributed by atoms with Crippen LogP contribution in [-0.4, -0.2) is 20.1 Å². The molecule has 1 rings (SSSR count). The van der Waals surface area contributed by atoms with Crippen molar-refractivity contribution in [2.24, 2.45) is 0 Å². The summed E-state index contributed by atoms with van der Waals surface area (Å²) in [6.07, 6.45) is -0.176. The first-order valence-electron chi connectivity index (χ1n) is 5.41. The molecule has 0 bridgehead atoms. The van der Waals surface area contributed by atoms with Crippen LogP contribution in [0.1, 0.15) is 17.5 Å². The molecule has 0 aliphatic carbocycles. The third-order valence-electron chi connectivity index (χ3n) is 2.77. The number of anilines is 1. The summed E-state index contributed by atoms with van der Waals surface area (Å²) in [6, 6.07) is 3.61. The van der Waals surface area contributed by atoms with E-state index in [9.17, 15) is 4.79 Å². The minimum Gasteiger partial charge on any atom is -0.495 e. The van der Waals surface area contributed by atoms with Crippen LogP contribution < -0.4 is 9.64 Å². The first-order chi connectivity index (χ1) is 8.43. The van der Waals surface area contributed by atoms with Gasteiger partial charge in [-0.2, -0.15) is 5.26 Å². The van der Waals surface area contributed by atoms with Crippen molar-refractivity contribution in [1.82, 2.24) is 0 Å². The molecule has 0 unspecified atom stereocenters. The number of aryl methyl sites for hydroxylation is 1. The van der Waals surface area contributed by atoms with Crippen LogP contribution in [0.3, 0.4) is 0 Å². The van der Waals surface area contributed by atoms with Gasteiger partial charge in [-0.25, -0.2) is 0 Å². The summed E-state index contributed by atoms with van der Waals surface area (Å²) in [6.45, 7) is 3.70. The van der Waals surface area contributed by atoms with Gasteiger partial charge in [0.25, 0.3) is 0 Å². The van der Waals surface area contributed by atoms with Crippen molar-refractivity contribution in [3.63, 3.8) is 0 Å². The molecule has 0 atom stereocenters. The summed E-state index contributed by atoms with van der Waals surface area (Å²) in [5.74, 6) is 0.280. The zero-order valence-corrected chi connectivity index (χ0v) is 11.6. The molecule has 1 aromatic rings. The highest BCUT2D eigenvalue weighted by atomic mass is 35.5. The molecule has 0 aliphatic rings. The summed E-state index contributed by atoms with van der Waals surface area (Å²) >= 11 is 6.18. The molecule has 1 amide bonds. The van der Waals surface area contributed by atoms with E-state index in [-0.39, 0.29) is 12.3 Å². The van der Waals surface area contributed by atoms with Crippen LogP contribution in [0.25, 0.3) is 0 Å². The molecule has 1 aromatic carbocycles. The Morgan fingerprint density at radius 3 is 2.67 bits per heavy atom. The molecule has 96 valence electrons. The molecule has 0 radical (unpaired) electrons. The van der Waals surface area contributed by atoms with Gasteiger partial charge in [0.2, 0.25) is 5.91 Å². The standard InChI is InChI=1S/C13H15ClN2O2/c1-8-7-10(18-4)13(9(2)12(8)14)16(3)11(17)5-6-15/h7H,5H2,1-4H3. The number of amides is 1. The monoisotopic (exact) mass is 266 g/mol. The number of benzene rings is 1. The van der Waals surface area contributed by atoms with E-state index in [1.807, 2.05) is 19.9 Å². The zero-order chi connectivity index (χ0) is 13.9. The fraction of sp³-hybridized carbons (Fsp3) is 0.385. The second kappa shape index (κ2) is 5.74. The summed E-state index contributed by atoms with van der Waals surface area (Å²) in [4.78, 5) is 13.2. The van der Waals surface area contributed by atoms with Crippen molar-refractivity contribution in [3.05, 3.63) is 22.2 Å². The number of rotatable bonds is 3. The highest BCUT2D eigenvalue weighted by molar-refractivity contribution is 6.32. The molecule has 18 heavy (non-hydrogen) atoms. The summed E-state index contributed by atoms with van der Waals surface area (Å²) in [7, 11) is 3.14. The van der Waals surface area contributed by atoms with Crippen LogP contribution in [0.15, 0.2) is 6.07 Å². The number of carbonyl (C=O) groups is 1. The quantitative estimate of drug-likeness (QED) is 0.845. The fourth-order valence-electron chi connectivity index (χ4n) is 1.80. The Bertz CT molecular complexity index is 521. The Morgan fingerprint density at radius 1 is 1.56 bits per heavy atom. The Labute approximate surface area is 112 Å². The summed E-state index contributed by atoms with van der Waals surface area (Å²) < 4.78 is 5.28. The van der Waals surface area contributed by atoms with Gasteiger partial charge in [0.05, 0.1) is 18.9 Å². The van der Waals surface area contributed by atoms with Crippen LogP contribution in [0, 0.1) is 25.2 Å². The van der Waals surface area contributed by atoms with Gasteiger partial charge < -0.3 is 9.64 Å². The molecule has 0 aliphatic heterocycles. The van der Waals surface area contributed by atoms with E-state index >= 15 is 0 Å². The molecule has 4 nitrogen and oxygen atoms in total. The molecule has 0 heterocycles. The third-order valence-corrected chi connectivity index (χ3v) is 3.35. The van der Waals surface area contributed by atoms with E-state index in [2.05, 4.69) is 0 Å².